The summed E-state index contributed by atoms with van der Waals surface area (Å²) in [5, 5.41) is 10.5. The highest BCUT2D eigenvalue weighted by Gasteiger charge is 2.19. The van der Waals surface area contributed by atoms with Crippen molar-refractivity contribution in [3.8, 4) is 0 Å². The van der Waals surface area contributed by atoms with Gasteiger partial charge in [0.2, 0.25) is 5.24 Å². The largest absolute Gasteiger partial charge is 0.478 e. The third kappa shape index (κ3) is 3.29. The lowest BCUT2D eigenvalue weighted by Gasteiger charge is -2.10. The molecule has 5 nitrogen and oxygen atoms in total. The summed E-state index contributed by atoms with van der Waals surface area (Å²) in [6, 6.07) is 4.85. The Morgan fingerprint density at radius 1 is 1.24 bits per heavy atom. The van der Waals surface area contributed by atoms with E-state index in [1.54, 1.807) is 0 Å². The summed E-state index contributed by atoms with van der Waals surface area (Å²) in [6.07, 6.45) is 0. The number of aromatic carboxylic acids is 1. The van der Waals surface area contributed by atoms with Crippen LogP contribution in [0.4, 0.5) is 0 Å². The number of hydrogen-bond donors (Lipinski definition) is 2. The summed E-state index contributed by atoms with van der Waals surface area (Å²) in [5.41, 5.74) is -0.135. The first-order valence-electron chi connectivity index (χ1n) is 4.76. The fourth-order valence-electron chi connectivity index (χ4n) is 1.20. The molecule has 2 N–H and O–H groups in total. The van der Waals surface area contributed by atoms with Crippen molar-refractivity contribution in [3.63, 3.8) is 0 Å². The van der Waals surface area contributed by atoms with Crippen LogP contribution in [0, 0.1) is 0 Å². The second-order valence-electron chi connectivity index (χ2n) is 3.35. The minimum Gasteiger partial charge on any atom is -0.478 e. The zero-order chi connectivity index (χ0) is 13.0. The van der Waals surface area contributed by atoms with E-state index in [0.717, 1.165) is 0 Å². The maximum atomic E-state index is 11.7. The number of carbonyl (C=O) groups is 3. The van der Waals surface area contributed by atoms with E-state index in [0.29, 0.717) is 0 Å². The van der Waals surface area contributed by atoms with E-state index < -0.39 is 23.2 Å². The lowest BCUT2D eigenvalue weighted by molar-refractivity contribution is -0.113. The Labute approximate surface area is 102 Å². The lowest BCUT2D eigenvalue weighted by Crippen LogP contribution is -2.37. The van der Waals surface area contributed by atoms with Gasteiger partial charge in [-0.25, -0.2) is 4.79 Å². The second kappa shape index (κ2) is 5.45. The molecular weight excluding hydrogens is 246 g/mol. The third-order valence-electron chi connectivity index (χ3n) is 2.09. The van der Waals surface area contributed by atoms with Gasteiger partial charge in [0.25, 0.3) is 5.91 Å². The molecule has 0 spiro atoms. The number of rotatable bonds is 4. The maximum absolute atomic E-state index is 11.7. The Hall–Kier alpha value is -1.88. The molecule has 0 radical (unpaired) electrons. The molecule has 0 aliphatic heterocycles. The number of halogens is 1. The predicted octanol–water partition coefficient (Wildman–Crippen LogP) is 1.27. The number of benzene rings is 1. The Morgan fingerprint density at radius 3 is 2.24 bits per heavy atom. The van der Waals surface area contributed by atoms with Crippen LogP contribution in [0.5, 0.6) is 0 Å². The van der Waals surface area contributed by atoms with Crippen LogP contribution in [0.15, 0.2) is 24.3 Å². The molecule has 0 heterocycles. The van der Waals surface area contributed by atoms with Crippen molar-refractivity contribution in [1.82, 2.24) is 5.32 Å². The van der Waals surface area contributed by atoms with Gasteiger partial charge in [0.05, 0.1) is 11.1 Å². The molecule has 17 heavy (non-hydrogen) atoms. The van der Waals surface area contributed by atoms with Crippen LogP contribution in [0.1, 0.15) is 27.6 Å². The molecule has 0 unspecified atom stereocenters. The van der Waals surface area contributed by atoms with Crippen LogP contribution in [0.3, 0.4) is 0 Å². The van der Waals surface area contributed by atoms with Crippen LogP contribution < -0.4 is 5.32 Å². The highest BCUT2D eigenvalue weighted by molar-refractivity contribution is 6.64. The first-order chi connectivity index (χ1) is 7.93. The number of nitrogens with one attached hydrogen (secondary N) is 1. The number of carbonyl (C=O) groups excluding carboxylic acids is 2. The van der Waals surface area contributed by atoms with Gasteiger partial charge in [0, 0.05) is 0 Å². The minimum atomic E-state index is -1.21. The molecular formula is C11H10ClNO4. The first-order valence-corrected chi connectivity index (χ1v) is 5.13. The molecule has 0 aliphatic carbocycles. The van der Waals surface area contributed by atoms with Crippen molar-refractivity contribution in [2.75, 3.05) is 0 Å². The SMILES string of the molecule is C[C@@H](NC(=O)c1ccccc1C(=O)O)C(=O)Cl. The van der Waals surface area contributed by atoms with Gasteiger partial charge in [-0.15, -0.1) is 0 Å². The monoisotopic (exact) mass is 255 g/mol. The van der Waals surface area contributed by atoms with Gasteiger partial charge >= 0.3 is 5.97 Å². The standard InChI is InChI=1S/C11H10ClNO4/c1-6(9(12)14)13-10(15)7-4-2-3-5-8(7)11(16)17/h2-6H,1H3,(H,13,15)(H,16,17)/t6-/m1/s1. The highest BCUT2D eigenvalue weighted by atomic mass is 35.5. The molecule has 1 aromatic rings. The minimum absolute atomic E-state index is 0.00948. The van der Waals surface area contributed by atoms with Gasteiger partial charge < -0.3 is 10.4 Å². The van der Waals surface area contributed by atoms with Gasteiger partial charge in [-0.3, -0.25) is 9.59 Å². The lowest BCUT2D eigenvalue weighted by atomic mass is 10.1. The highest BCUT2D eigenvalue weighted by Crippen LogP contribution is 2.09. The quantitative estimate of drug-likeness (QED) is 0.794. The number of carboxylic acid groups (broad SMARTS) is 1. The zero-order valence-corrected chi connectivity index (χ0v) is 9.69. The average molecular weight is 256 g/mol. The molecule has 0 bridgehead atoms. The molecule has 0 fully saturated rings. The van der Waals surface area contributed by atoms with Crippen molar-refractivity contribution >= 4 is 28.7 Å². The summed E-state index contributed by atoms with van der Waals surface area (Å²) < 4.78 is 0. The third-order valence-corrected chi connectivity index (χ3v) is 2.42. The van der Waals surface area contributed by atoms with E-state index in [2.05, 4.69) is 5.32 Å². The van der Waals surface area contributed by atoms with Gasteiger partial charge in [0.1, 0.15) is 6.04 Å². The molecule has 0 saturated heterocycles. The molecule has 1 atom stereocenters. The van der Waals surface area contributed by atoms with Gasteiger partial charge in [-0.05, 0) is 30.7 Å². The summed E-state index contributed by atoms with van der Waals surface area (Å²) in [5.74, 6) is -1.86. The Bertz CT molecular complexity index is 472. The zero-order valence-electron chi connectivity index (χ0n) is 8.94. The van der Waals surface area contributed by atoms with E-state index in [4.69, 9.17) is 16.7 Å². The van der Waals surface area contributed by atoms with E-state index in [1.807, 2.05) is 0 Å². The van der Waals surface area contributed by atoms with Gasteiger partial charge in [0.15, 0.2) is 0 Å². The van der Waals surface area contributed by atoms with Gasteiger partial charge in [-0.1, -0.05) is 12.1 Å². The first kappa shape index (κ1) is 13.2. The van der Waals surface area contributed by atoms with Crippen molar-refractivity contribution < 1.29 is 19.5 Å². The molecule has 0 aromatic heterocycles. The molecule has 1 amide bonds. The fourth-order valence-corrected chi connectivity index (χ4v) is 1.25. The molecule has 0 aliphatic rings. The van der Waals surface area contributed by atoms with E-state index in [-0.39, 0.29) is 11.1 Å². The Kier molecular flexibility index (Phi) is 4.23. The topological polar surface area (TPSA) is 83.5 Å². The Balaban J connectivity index is 2.97. The average Bonchev–Trinajstić information content (AvgIpc) is 2.28. The van der Waals surface area contributed by atoms with Crippen molar-refractivity contribution in [2.24, 2.45) is 0 Å². The predicted molar refractivity (Wildman–Crippen MR) is 61.2 cm³/mol. The Morgan fingerprint density at radius 2 is 1.76 bits per heavy atom. The summed E-state index contributed by atoms with van der Waals surface area (Å²) in [6.45, 7) is 1.41. The van der Waals surface area contributed by atoms with Gasteiger partial charge in [-0.2, -0.15) is 0 Å². The van der Waals surface area contributed by atoms with Crippen LogP contribution in [0.2, 0.25) is 0 Å². The molecule has 90 valence electrons. The van der Waals surface area contributed by atoms with Crippen LogP contribution in [-0.2, 0) is 4.79 Å². The summed E-state index contributed by atoms with van der Waals surface area (Å²) in [4.78, 5) is 33.3. The van der Waals surface area contributed by atoms with Crippen molar-refractivity contribution in [2.45, 2.75) is 13.0 Å². The molecule has 0 saturated carbocycles. The van der Waals surface area contributed by atoms with Crippen LogP contribution in [-0.4, -0.2) is 28.3 Å². The number of hydrogen-bond acceptors (Lipinski definition) is 3. The van der Waals surface area contributed by atoms with Crippen LogP contribution in [0.25, 0.3) is 0 Å². The normalized spacial score (nSPS) is 11.6. The van der Waals surface area contributed by atoms with Crippen LogP contribution >= 0.6 is 11.6 Å². The molecule has 1 rings (SSSR count). The fraction of sp³-hybridized carbons (Fsp3) is 0.182. The van der Waals surface area contributed by atoms with Crippen molar-refractivity contribution in [3.05, 3.63) is 35.4 Å². The summed E-state index contributed by atoms with van der Waals surface area (Å²) >= 11 is 5.19. The number of amides is 1. The maximum Gasteiger partial charge on any atom is 0.336 e. The molecule has 1 aromatic carbocycles. The van der Waals surface area contributed by atoms with E-state index in [9.17, 15) is 14.4 Å². The number of carboxylic acids is 1. The van der Waals surface area contributed by atoms with E-state index >= 15 is 0 Å². The summed E-state index contributed by atoms with van der Waals surface area (Å²) in [7, 11) is 0. The second-order valence-corrected chi connectivity index (χ2v) is 3.72. The smallest absolute Gasteiger partial charge is 0.336 e. The molecule has 6 heteroatoms. The van der Waals surface area contributed by atoms with E-state index in [1.165, 1.54) is 31.2 Å². The van der Waals surface area contributed by atoms with Crippen molar-refractivity contribution in [1.29, 1.82) is 0 Å².